The smallest absolute Gasteiger partial charge is 0.254 e. The molecular weight excluding hydrogens is 293 g/mol. The van der Waals surface area contributed by atoms with Gasteiger partial charge < -0.3 is 5.32 Å². The van der Waals surface area contributed by atoms with Crippen LogP contribution >= 0.6 is 34.8 Å². The van der Waals surface area contributed by atoms with E-state index in [9.17, 15) is 4.79 Å². The van der Waals surface area contributed by atoms with E-state index in [1.807, 2.05) is 0 Å². The van der Waals surface area contributed by atoms with E-state index in [4.69, 9.17) is 34.8 Å². The molecule has 0 saturated carbocycles. The van der Waals surface area contributed by atoms with Crippen LogP contribution in [0.5, 0.6) is 0 Å². The highest BCUT2D eigenvalue weighted by Gasteiger charge is 2.13. The molecule has 0 aliphatic rings. The van der Waals surface area contributed by atoms with Crippen molar-refractivity contribution in [2.45, 2.75) is 25.7 Å². The van der Waals surface area contributed by atoms with Crippen molar-refractivity contribution >= 4 is 40.7 Å². The Morgan fingerprint density at radius 3 is 2.28 bits per heavy atom. The predicted molar refractivity (Wildman–Crippen MR) is 78.0 cm³/mol. The number of unbranched alkanes of at least 4 members (excludes halogenated alkanes) is 3. The van der Waals surface area contributed by atoms with Crippen molar-refractivity contribution in [2.24, 2.45) is 0 Å². The van der Waals surface area contributed by atoms with Crippen LogP contribution in [0.2, 0.25) is 10.0 Å². The lowest BCUT2D eigenvalue weighted by Gasteiger charge is -2.08. The Hall–Kier alpha value is -0.440. The molecule has 0 atom stereocenters. The molecule has 0 fully saturated rings. The molecule has 18 heavy (non-hydrogen) atoms. The molecule has 5 heteroatoms. The summed E-state index contributed by atoms with van der Waals surface area (Å²) in [5.74, 6) is 0.477. The van der Waals surface area contributed by atoms with Crippen molar-refractivity contribution < 1.29 is 4.79 Å². The Morgan fingerprint density at radius 1 is 1.06 bits per heavy atom. The van der Waals surface area contributed by atoms with Gasteiger partial charge in [0.05, 0.1) is 15.6 Å². The number of carbonyl (C=O) groups is 1. The maximum Gasteiger partial charge on any atom is 0.254 e. The summed E-state index contributed by atoms with van der Waals surface area (Å²) in [7, 11) is 0. The molecule has 100 valence electrons. The number of benzene rings is 1. The summed E-state index contributed by atoms with van der Waals surface area (Å²) < 4.78 is 0. The van der Waals surface area contributed by atoms with Crippen LogP contribution in [0.3, 0.4) is 0 Å². The van der Waals surface area contributed by atoms with E-state index in [1.54, 1.807) is 18.2 Å². The van der Waals surface area contributed by atoms with Gasteiger partial charge in [0.1, 0.15) is 0 Å². The van der Waals surface area contributed by atoms with Crippen molar-refractivity contribution in [1.29, 1.82) is 0 Å². The van der Waals surface area contributed by atoms with Crippen LogP contribution < -0.4 is 5.32 Å². The predicted octanol–water partition coefficient (Wildman–Crippen LogP) is 4.52. The van der Waals surface area contributed by atoms with Crippen LogP contribution in [-0.2, 0) is 0 Å². The zero-order valence-corrected chi connectivity index (χ0v) is 12.3. The zero-order valence-electron chi connectivity index (χ0n) is 10.0. The Morgan fingerprint density at radius 2 is 1.67 bits per heavy atom. The monoisotopic (exact) mass is 307 g/mol. The molecule has 0 spiro atoms. The summed E-state index contributed by atoms with van der Waals surface area (Å²) in [5.41, 5.74) is 0.349. The van der Waals surface area contributed by atoms with Gasteiger partial charge in [-0.1, -0.05) is 42.1 Å². The fourth-order valence-corrected chi connectivity index (χ4v) is 2.34. The van der Waals surface area contributed by atoms with Crippen LogP contribution in [0.15, 0.2) is 18.2 Å². The van der Waals surface area contributed by atoms with E-state index in [0.29, 0.717) is 28.0 Å². The van der Waals surface area contributed by atoms with Gasteiger partial charge in [-0.2, -0.15) is 0 Å². The lowest BCUT2D eigenvalue weighted by Crippen LogP contribution is -2.25. The second kappa shape index (κ2) is 8.63. The second-order valence-corrected chi connectivity index (χ2v) is 5.15. The van der Waals surface area contributed by atoms with E-state index >= 15 is 0 Å². The summed E-state index contributed by atoms with van der Waals surface area (Å²) >= 11 is 17.5. The van der Waals surface area contributed by atoms with Crippen molar-refractivity contribution in [3.63, 3.8) is 0 Å². The topological polar surface area (TPSA) is 29.1 Å². The van der Waals surface area contributed by atoms with Gasteiger partial charge in [0, 0.05) is 12.4 Å². The van der Waals surface area contributed by atoms with Gasteiger partial charge >= 0.3 is 0 Å². The molecule has 1 aromatic rings. The Bertz CT molecular complexity index is 376. The number of hydrogen-bond donors (Lipinski definition) is 1. The first kappa shape index (κ1) is 15.6. The lowest BCUT2D eigenvalue weighted by atomic mass is 10.2. The van der Waals surface area contributed by atoms with Crippen LogP contribution in [0.4, 0.5) is 0 Å². The molecule has 0 heterocycles. The third-order valence-corrected chi connectivity index (χ3v) is 3.43. The number of hydrogen-bond acceptors (Lipinski definition) is 1. The Kier molecular flexibility index (Phi) is 7.48. The Labute approximate surface area is 123 Å². The largest absolute Gasteiger partial charge is 0.352 e. The normalized spacial score (nSPS) is 10.4. The van der Waals surface area contributed by atoms with Gasteiger partial charge in [-0.3, -0.25) is 4.79 Å². The van der Waals surface area contributed by atoms with Crippen molar-refractivity contribution in [1.82, 2.24) is 5.32 Å². The zero-order chi connectivity index (χ0) is 13.4. The number of nitrogens with one attached hydrogen (secondary N) is 1. The van der Waals surface area contributed by atoms with Gasteiger partial charge in [0.25, 0.3) is 5.91 Å². The van der Waals surface area contributed by atoms with E-state index in [0.717, 1.165) is 25.7 Å². The molecule has 0 saturated heterocycles. The quantitative estimate of drug-likeness (QED) is 0.582. The summed E-state index contributed by atoms with van der Waals surface area (Å²) in [6.45, 7) is 0.628. The minimum Gasteiger partial charge on any atom is -0.352 e. The summed E-state index contributed by atoms with van der Waals surface area (Å²) in [5, 5.41) is 3.57. The first-order chi connectivity index (χ1) is 8.66. The molecule has 1 rings (SSSR count). The first-order valence-electron chi connectivity index (χ1n) is 5.95. The van der Waals surface area contributed by atoms with Crippen LogP contribution in [-0.4, -0.2) is 18.3 Å². The molecule has 0 bridgehead atoms. The molecular formula is C13H16Cl3NO. The lowest BCUT2D eigenvalue weighted by molar-refractivity contribution is 0.0953. The number of carbonyl (C=O) groups excluding carboxylic acids is 1. The number of amides is 1. The van der Waals surface area contributed by atoms with E-state index in [1.165, 1.54) is 0 Å². The third kappa shape index (κ3) is 5.05. The summed E-state index contributed by atoms with van der Waals surface area (Å²) in [4.78, 5) is 11.9. The van der Waals surface area contributed by atoms with Crippen LogP contribution in [0.25, 0.3) is 0 Å². The molecule has 0 aliphatic heterocycles. The highest BCUT2D eigenvalue weighted by atomic mass is 35.5. The van der Waals surface area contributed by atoms with Gasteiger partial charge in [-0.25, -0.2) is 0 Å². The average Bonchev–Trinajstić information content (AvgIpc) is 2.33. The van der Waals surface area contributed by atoms with Crippen molar-refractivity contribution in [2.75, 3.05) is 12.4 Å². The van der Waals surface area contributed by atoms with Crippen molar-refractivity contribution in [3.8, 4) is 0 Å². The number of halogens is 3. The molecule has 1 amide bonds. The minimum atomic E-state index is -0.219. The molecule has 0 radical (unpaired) electrons. The fraction of sp³-hybridized carbons (Fsp3) is 0.462. The molecule has 0 unspecified atom stereocenters. The van der Waals surface area contributed by atoms with E-state index < -0.39 is 0 Å². The third-order valence-electron chi connectivity index (χ3n) is 2.54. The SMILES string of the molecule is O=C(NCCCCCCCl)c1c(Cl)cccc1Cl. The van der Waals surface area contributed by atoms with Crippen LogP contribution in [0.1, 0.15) is 36.0 Å². The standard InChI is InChI=1S/C13H16Cl3NO/c14-8-3-1-2-4-9-17-13(18)12-10(15)6-5-7-11(12)16/h5-7H,1-4,8-9H2,(H,17,18). The highest BCUT2D eigenvalue weighted by Crippen LogP contribution is 2.23. The first-order valence-corrected chi connectivity index (χ1v) is 7.24. The number of alkyl halides is 1. The van der Waals surface area contributed by atoms with Crippen LogP contribution in [0, 0.1) is 0 Å². The fourth-order valence-electron chi connectivity index (χ4n) is 1.58. The van der Waals surface area contributed by atoms with Crippen molar-refractivity contribution in [3.05, 3.63) is 33.8 Å². The maximum atomic E-state index is 11.9. The van der Waals surface area contributed by atoms with E-state index in [-0.39, 0.29) is 5.91 Å². The number of rotatable bonds is 7. The summed E-state index contributed by atoms with van der Waals surface area (Å²) in [6.07, 6.45) is 4.10. The second-order valence-electron chi connectivity index (χ2n) is 3.96. The van der Waals surface area contributed by atoms with Gasteiger partial charge in [-0.05, 0) is 25.0 Å². The minimum absolute atomic E-state index is 0.219. The van der Waals surface area contributed by atoms with Gasteiger partial charge in [0.15, 0.2) is 0 Å². The molecule has 0 aliphatic carbocycles. The Balaban J connectivity index is 2.37. The van der Waals surface area contributed by atoms with E-state index in [2.05, 4.69) is 5.32 Å². The van der Waals surface area contributed by atoms with Gasteiger partial charge in [-0.15, -0.1) is 11.6 Å². The average molecular weight is 309 g/mol. The maximum absolute atomic E-state index is 11.9. The molecule has 1 N–H and O–H groups in total. The molecule has 1 aromatic carbocycles. The summed E-state index contributed by atoms with van der Waals surface area (Å²) in [6, 6.07) is 5.03. The highest BCUT2D eigenvalue weighted by molar-refractivity contribution is 6.39. The van der Waals surface area contributed by atoms with Gasteiger partial charge in [0.2, 0.25) is 0 Å². The molecule has 2 nitrogen and oxygen atoms in total. The molecule has 0 aromatic heterocycles.